The molecule has 0 aliphatic rings. The van der Waals surface area contributed by atoms with Gasteiger partial charge in [-0.15, -0.1) is 11.3 Å². The molecule has 8 aromatic rings. The van der Waals surface area contributed by atoms with Gasteiger partial charge < -0.3 is 4.90 Å². The van der Waals surface area contributed by atoms with Crippen molar-refractivity contribution in [1.29, 1.82) is 0 Å². The van der Waals surface area contributed by atoms with Crippen LogP contribution in [0.15, 0.2) is 152 Å². The highest BCUT2D eigenvalue weighted by atomic mass is 32.1. The summed E-state index contributed by atoms with van der Waals surface area (Å²) in [4.78, 5) is 2.42. The van der Waals surface area contributed by atoms with Gasteiger partial charge in [-0.25, -0.2) is 0 Å². The Kier molecular flexibility index (Phi) is 5.39. The molecule has 0 unspecified atom stereocenters. The van der Waals surface area contributed by atoms with Gasteiger partial charge >= 0.3 is 0 Å². The molecule has 1 aromatic heterocycles. The second-order valence-corrected chi connectivity index (χ2v) is 11.2. The molecule has 7 aromatic carbocycles. The molecule has 0 aliphatic carbocycles. The van der Waals surface area contributed by atoms with E-state index in [1.165, 1.54) is 58.5 Å². The van der Waals surface area contributed by atoms with Crippen molar-refractivity contribution in [2.45, 2.75) is 0 Å². The summed E-state index contributed by atoms with van der Waals surface area (Å²) in [6, 6.07) is 54.9. The Hall–Kier alpha value is -4.92. The van der Waals surface area contributed by atoms with Gasteiger partial charge in [0.15, 0.2) is 0 Å². The summed E-state index contributed by atoms with van der Waals surface area (Å²) in [7, 11) is 0. The van der Waals surface area contributed by atoms with Gasteiger partial charge in [0.25, 0.3) is 0 Å². The molecule has 0 saturated heterocycles. The van der Waals surface area contributed by atoms with Crippen LogP contribution in [0.3, 0.4) is 0 Å². The van der Waals surface area contributed by atoms with Crippen molar-refractivity contribution < 1.29 is 0 Å². The first-order valence-electron chi connectivity index (χ1n) is 13.6. The van der Waals surface area contributed by atoms with Crippen molar-refractivity contribution in [2.24, 2.45) is 0 Å². The zero-order valence-corrected chi connectivity index (χ0v) is 22.6. The van der Waals surface area contributed by atoms with Crippen LogP contribution < -0.4 is 4.90 Å². The monoisotopic (exact) mass is 527 g/mol. The Morgan fingerprint density at radius 1 is 0.375 bits per heavy atom. The number of hydrogen-bond acceptors (Lipinski definition) is 2. The maximum Gasteiger partial charge on any atom is 0.0640 e. The molecular weight excluding hydrogens is 502 g/mol. The quantitative estimate of drug-likeness (QED) is 0.220. The summed E-state index contributed by atoms with van der Waals surface area (Å²) in [6.07, 6.45) is 0. The standard InChI is InChI=1S/C38H25NS/c1-2-9-26(10-3-1)28-17-21-31(22-18-28)39(32-23-19-27-11-4-5-13-30(27)25-32)36-16-8-15-34-35-24-20-29-12-6-7-14-33(29)37(35)40-38(34)36/h1-25H. The minimum atomic E-state index is 1.14. The maximum atomic E-state index is 2.42. The van der Waals surface area contributed by atoms with Gasteiger partial charge in [-0.1, -0.05) is 121 Å². The van der Waals surface area contributed by atoms with Gasteiger partial charge in [-0.2, -0.15) is 0 Å². The predicted molar refractivity (Wildman–Crippen MR) is 174 cm³/mol. The molecule has 0 atom stereocenters. The van der Waals surface area contributed by atoms with Crippen LogP contribution in [-0.2, 0) is 0 Å². The topological polar surface area (TPSA) is 3.24 Å². The maximum absolute atomic E-state index is 2.42. The molecular formula is C38H25NS. The van der Waals surface area contributed by atoms with Gasteiger partial charge in [0.1, 0.15) is 0 Å². The van der Waals surface area contributed by atoms with Crippen molar-refractivity contribution >= 4 is 70.1 Å². The van der Waals surface area contributed by atoms with E-state index in [0.29, 0.717) is 0 Å². The molecule has 0 radical (unpaired) electrons. The van der Waals surface area contributed by atoms with Crippen LogP contribution in [0.5, 0.6) is 0 Å². The zero-order chi connectivity index (χ0) is 26.5. The molecule has 0 amide bonds. The summed E-state index contributed by atoms with van der Waals surface area (Å²) >= 11 is 1.90. The summed E-state index contributed by atoms with van der Waals surface area (Å²) in [5.41, 5.74) is 5.94. The number of hydrogen-bond donors (Lipinski definition) is 0. The van der Waals surface area contributed by atoms with Gasteiger partial charge in [-0.05, 0) is 63.0 Å². The van der Waals surface area contributed by atoms with E-state index in [1.807, 2.05) is 11.3 Å². The minimum Gasteiger partial charge on any atom is -0.309 e. The largest absolute Gasteiger partial charge is 0.309 e. The molecule has 2 heteroatoms. The Labute approximate surface area is 237 Å². The van der Waals surface area contributed by atoms with Crippen LogP contribution in [0.1, 0.15) is 0 Å². The zero-order valence-electron chi connectivity index (χ0n) is 21.8. The third-order valence-electron chi connectivity index (χ3n) is 7.83. The molecule has 0 saturated carbocycles. The first-order chi connectivity index (χ1) is 19.8. The third-order valence-corrected chi connectivity index (χ3v) is 9.11. The third kappa shape index (κ3) is 3.77. The molecule has 1 heterocycles. The lowest BCUT2D eigenvalue weighted by molar-refractivity contribution is 1.31. The number of fused-ring (bicyclic) bond motifs is 6. The fourth-order valence-corrected chi connectivity index (χ4v) is 7.20. The molecule has 188 valence electrons. The number of thiophene rings is 1. The van der Waals surface area contributed by atoms with Crippen molar-refractivity contribution in [1.82, 2.24) is 0 Å². The molecule has 0 fully saturated rings. The Morgan fingerprint density at radius 3 is 1.85 bits per heavy atom. The van der Waals surface area contributed by atoms with E-state index in [9.17, 15) is 0 Å². The summed E-state index contributed by atoms with van der Waals surface area (Å²) in [6.45, 7) is 0. The van der Waals surface area contributed by atoms with E-state index in [4.69, 9.17) is 0 Å². The van der Waals surface area contributed by atoms with Crippen molar-refractivity contribution in [2.75, 3.05) is 4.90 Å². The van der Waals surface area contributed by atoms with Gasteiger partial charge in [0.2, 0.25) is 0 Å². The molecule has 0 bridgehead atoms. The SMILES string of the molecule is c1ccc(-c2ccc(N(c3ccc4ccccc4c3)c3cccc4c3sc3c5ccccc5ccc43)cc2)cc1. The summed E-state index contributed by atoms with van der Waals surface area (Å²) in [5.74, 6) is 0. The molecule has 40 heavy (non-hydrogen) atoms. The Bertz CT molecular complexity index is 2160. The highest BCUT2D eigenvalue weighted by molar-refractivity contribution is 7.27. The average molecular weight is 528 g/mol. The highest BCUT2D eigenvalue weighted by Crippen LogP contribution is 2.46. The average Bonchev–Trinajstić information content (AvgIpc) is 3.42. The van der Waals surface area contributed by atoms with Gasteiger partial charge in [-0.3, -0.25) is 0 Å². The van der Waals surface area contributed by atoms with Crippen LogP contribution in [0, 0.1) is 0 Å². The fraction of sp³-hybridized carbons (Fsp3) is 0. The van der Waals surface area contributed by atoms with Gasteiger partial charge in [0.05, 0.1) is 10.4 Å². The van der Waals surface area contributed by atoms with Gasteiger partial charge in [0, 0.05) is 26.8 Å². The second kappa shape index (κ2) is 9.37. The fourth-order valence-electron chi connectivity index (χ4n) is 5.86. The summed E-state index contributed by atoms with van der Waals surface area (Å²) in [5, 5.41) is 7.70. The van der Waals surface area contributed by atoms with E-state index in [2.05, 4.69) is 157 Å². The van der Waals surface area contributed by atoms with Crippen molar-refractivity contribution in [3.05, 3.63) is 152 Å². The molecule has 0 aliphatic heterocycles. The number of rotatable bonds is 4. The molecule has 0 spiro atoms. The second-order valence-electron chi connectivity index (χ2n) is 10.2. The van der Waals surface area contributed by atoms with Crippen LogP contribution >= 0.6 is 11.3 Å². The van der Waals surface area contributed by atoms with E-state index in [0.717, 1.165) is 11.4 Å². The molecule has 0 N–H and O–H groups in total. The van der Waals surface area contributed by atoms with E-state index in [-0.39, 0.29) is 0 Å². The lowest BCUT2D eigenvalue weighted by atomic mass is 10.0. The summed E-state index contributed by atoms with van der Waals surface area (Å²) < 4.78 is 2.65. The predicted octanol–water partition coefficient (Wildman–Crippen LogP) is 11.5. The van der Waals surface area contributed by atoms with Crippen molar-refractivity contribution in [3.63, 3.8) is 0 Å². The van der Waals surface area contributed by atoms with Crippen LogP contribution in [0.25, 0.3) is 52.8 Å². The minimum absolute atomic E-state index is 1.14. The van der Waals surface area contributed by atoms with Crippen LogP contribution in [-0.4, -0.2) is 0 Å². The lowest BCUT2D eigenvalue weighted by Gasteiger charge is -2.26. The van der Waals surface area contributed by atoms with Crippen molar-refractivity contribution in [3.8, 4) is 11.1 Å². The molecule has 1 nitrogen and oxygen atoms in total. The van der Waals surface area contributed by atoms with E-state index in [1.54, 1.807) is 0 Å². The number of nitrogens with zero attached hydrogens (tertiary/aromatic N) is 1. The van der Waals surface area contributed by atoms with Crippen LogP contribution in [0.4, 0.5) is 17.1 Å². The highest BCUT2D eigenvalue weighted by Gasteiger charge is 2.19. The number of anilines is 3. The first kappa shape index (κ1) is 23.0. The Morgan fingerprint density at radius 2 is 1.00 bits per heavy atom. The van der Waals surface area contributed by atoms with E-state index < -0.39 is 0 Å². The normalized spacial score (nSPS) is 11.5. The van der Waals surface area contributed by atoms with E-state index >= 15 is 0 Å². The molecule has 8 rings (SSSR count). The lowest BCUT2D eigenvalue weighted by Crippen LogP contribution is -2.10. The Balaban J connectivity index is 1.37. The van der Waals surface area contributed by atoms with Crippen LogP contribution in [0.2, 0.25) is 0 Å². The smallest absolute Gasteiger partial charge is 0.0640 e. The number of benzene rings is 7. The first-order valence-corrected chi connectivity index (χ1v) is 14.4.